The van der Waals surface area contributed by atoms with Crippen LogP contribution in [0.4, 0.5) is 5.82 Å². The number of aryl methyl sites for hydroxylation is 3. The molecule has 0 saturated carbocycles. The fourth-order valence-corrected chi connectivity index (χ4v) is 5.74. The lowest BCUT2D eigenvalue weighted by Crippen LogP contribution is -2.28. The number of hydrogen-bond acceptors (Lipinski definition) is 6. The molecule has 6 nitrogen and oxygen atoms in total. The van der Waals surface area contributed by atoms with Gasteiger partial charge in [-0.25, -0.2) is 14.8 Å². The first-order valence-corrected chi connectivity index (χ1v) is 11.9. The van der Waals surface area contributed by atoms with Crippen molar-refractivity contribution in [1.82, 2.24) is 9.97 Å². The molecule has 0 fully saturated rings. The number of hydrogen-bond donors (Lipinski definition) is 1. The summed E-state index contributed by atoms with van der Waals surface area (Å²) in [6, 6.07) is 4.00. The Morgan fingerprint density at radius 3 is 2.53 bits per heavy atom. The third-order valence-corrected chi connectivity index (χ3v) is 6.97. The summed E-state index contributed by atoms with van der Waals surface area (Å²) in [5.74, 6) is -0.155. The number of nitrogens with zero attached hydrogens (tertiary/aromatic N) is 3. The fraction of sp³-hybridized carbons (Fsp3) is 0.480. The summed E-state index contributed by atoms with van der Waals surface area (Å²) in [6.45, 7) is 7.53. The van der Waals surface area contributed by atoms with E-state index in [1.165, 1.54) is 16.9 Å². The molecule has 1 atom stereocenters. The average molecular weight is 454 g/mol. The molecule has 170 valence electrons. The summed E-state index contributed by atoms with van der Waals surface area (Å²) in [4.78, 5) is 26.3. The molecule has 0 spiro atoms. The normalized spacial score (nSPS) is 14.9. The van der Waals surface area contributed by atoms with Crippen molar-refractivity contribution < 1.29 is 14.6 Å². The zero-order valence-corrected chi connectivity index (χ0v) is 20.5. The molecular weight excluding hydrogens is 422 g/mol. The van der Waals surface area contributed by atoms with Gasteiger partial charge in [0.25, 0.3) is 0 Å². The van der Waals surface area contributed by atoms with Gasteiger partial charge in [0.05, 0.1) is 5.60 Å². The van der Waals surface area contributed by atoms with Gasteiger partial charge in [-0.1, -0.05) is 0 Å². The second kappa shape index (κ2) is 8.45. The number of aliphatic carboxylic acids is 1. The van der Waals surface area contributed by atoms with Gasteiger partial charge in [0.1, 0.15) is 10.6 Å². The second-order valence-electron chi connectivity index (χ2n) is 9.62. The van der Waals surface area contributed by atoms with Crippen LogP contribution in [-0.4, -0.2) is 40.7 Å². The summed E-state index contributed by atoms with van der Waals surface area (Å²) >= 11 is 1.74. The first-order valence-electron chi connectivity index (χ1n) is 11.1. The summed E-state index contributed by atoms with van der Waals surface area (Å²) < 4.78 is 6.10. The van der Waals surface area contributed by atoms with E-state index in [1.54, 1.807) is 11.3 Å². The Kier molecular flexibility index (Phi) is 5.98. The van der Waals surface area contributed by atoms with Crippen LogP contribution in [0.5, 0.6) is 0 Å². The number of pyridine rings is 2. The Morgan fingerprint density at radius 1 is 1.22 bits per heavy atom. The highest BCUT2D eigenvalue weighted by Gasteiger charge is 2.34. The van der Waals surface area contributed by atoms with Gasteiger partial charge in [0.15, 0.2) is 6.10 Å². The van der Waals surface area contributed by atoms with Crippen LogP contribution in [0.1, 0.15) is 61.4 Å². The number of carbonyl (C=O) groups is 1. The van der Waals surface area contributed by atoms with Crippen LogP contribution in [0.15, 0.2) is 18.3 Å². The minimum Gasteiger partial charge on any atom is -0.479 e. The molecule has 4 rings (SSSR count). The summed E-state index contributed by atoms with van der Waals surface area (Å²) in [6.07, 6.45) is 5.10. The Balaban J connectivity index is 2.05. The van der Waals surface area contributed by atoms with Gasteiger partial charge in [0, 0.05) is 52.9 Å². The molecule has 3 aromatic heterocycles. The molecule has 1 aliphatic carbocycles. The van der Waals surface area contributed by atoms with Gasteiger partial charge in [-0.15, -0.1) is 11.3 Å². The quantitative estimate of drug-likeness (QED) is 0.546. The van der Waals surface area contributed by atoms with Crippen molar-refractivity contribution in [2.45, 2.75) is 65.1 Å². The van der Waals surface area contributed by atoms with Crippen molar-refractivity contribution in [2.75, 3.05) is 19.0 Å². The lowest BCUT2D eigenvalue weighted by atomic mass is 9.88. The second-order valence-corrected chi connectivity index (χ2v) is 10.7. The Morgan fingerprint density at radius 2 is 1.94 bits per heavy atom. The molecular formula is C25H31N3O3S. The minimum atomic E-state index is -1.12. The first kappa shape index (κ1) is 22.7. The van der Waals surface area contributed by atoms with Gasteiger partial charge in [0.2, 0.25) is 0 Å². The lowest BCUT2D eigenvalue weighted by Gasteiger charge is -2.28. The van der Waals surface area contributed by atoms with E-state index in [4.69, 9.17) is 9.72 Å². The predicted molar refractivity (Wildman–Crippen MR) is 130 cm³/mol. The van der Waals surface area contributed by atoms with Gasteiger partial charge in [-0.2, -0.15) is 0 Å². The van der Waals surface area contributed by atoms with Crippen molar-refractivity contribution >= 4 is 33.3 Å². The molecule has 7 heteroatoms. The number of ether oxygens (including phenoxy) is 1. The predicted octanol–water partition coefficient (Wildman–Crippen LogP) is 5.55. The van der Waals surface area contributed by atoms with E-state index in [2.05, 4.69) is 4.98 Å². The monoisotopic (exact) mass is 453 g/mol. The van der Waals surface area contributed by atoms with E-state index >= 15 is 0 Å². The van der Waals surface area contributed by atoms with Gasteiger partial charge in [-0.3, -0.25) is 0 Å². The van der Waals surface area contributed by atoms with Crippen LogP contribution in [-0.2, 0) is 22.4 Å². The Bertz CT molecular complexity index is 1160. The minimum absolute atomic E-state index is 0.622. The fourth-order valence-electron chi connectivity index (χ4n) is 4.42. The Labute approximate surface area is 193 Å². The SMILES string of the molecule is Cc1nc2sc3c(c2c(-c2ccc(N(C)C)nc2)c1C(OC(C)(C)C)C(=O)O)CCCC3. The number of thiophene rings is 1. The molecule has 0 amide bonds. The van der Waals surface area contributed by atoms with Gasteiger partial charge in [-0.05, 0) is 71.1 Å². The van der Waals surface area contributed by atoms with E-state index in [9.17, 15) is 9.90 Å². The van der Waals surface area contributed by atoms with E-state index in [1.807, 2.05) is 65.0 Å². The molecule has 0 bridgehead atoms. The van der Waals surface area contributed by atoms with Crippen LogP contribution in [0.25, 0.3) is 21.3 Å². The van der Waals surface area contributed by atoms with Crippen molar-refractivity contribution in [3.8, 4) is 11.1 Å². The topological polar surface area (TPSA) is 75.5 Å². The number of aromatic nitrogens is 2. The van der Waals surface area contributed by atoms with Crippen LogP contribution in [0.2, 0.25) is 0 Å². The molecule has 1 N–H and O–H groups in total. The number of carboxylic acids is 1. The third kappa shape index (κ3) is 4.24. The molecule has 3 aromatic rings. The molecule has 1 unspecified atom stereocenters. The first-order chi connectivity index (χ1) is 15.1. The standard InChI is InChI=1S/C25H31N3O3S/c1-14-19(22(24(29)30)31-25(2,3)4)20(15-11-12-18(26-13-15)28(5)6)21-16-9-7-8-10-17(16)32-23(21)27-14/h11-13,22H,7-10H2,1-6H3,(H,29,30). The van der Waals surface area contributed by atoms with Crippen LogP contribution in [0.3, 0.4) is 0 Å². The van der Waals surface area contributed by atoms with Crippen LogP contribution >= 0.6 is 11.3 Å². The zero-order valence-electron chi connectivity index (χ0n) is 19.7. The van der Waals surface area contributed by atoms with Crippen LogP contribution in [0, 0.1) is 6.92 Å². The lowest BCUT2D eigenvalue weighted by molar-refractivity contribution is -0.160. The average Bonchev–Trinajstić information content (AvgIpc) is 3.08. The smallest absolute Gasteiger partial charge is 0.337 e. The number of rotatable bonds is 5. The molecule has 0 saturated heterocycles. The number of fused-ring (bicyclic) bond motifs is 3. The molecule has 3 heterocycles. The highest BCUT2D eigenvalue weighted by atomic mass is 32.1. The highest BCUT2D eigenvalue weighted by Crippen LogP contribution is 2.45. The van der Waals surface area contributed by atoms with Gasteiger partial charge < -0.3 is 14.7 Å². The maximum atomic E-state index is 12.4. The van der Waals surface area contributed by atoms with E-state index in [0.29, 0.717) is 11.3 Å². The molecule has 32 heavy (non-hydrogen) atoms. The number of carboxylic acid groups (broad SMARTS) is 1. The maximum Gasteiger partial charge on any atom is 0.337 e. The van der Waals surface area contributed by atoms with E-state index in [-0.39, 0.29) is 0 Å². The van der Waals surface area contributed by atoms with Crippen LogP contribution < -0.4 is 4.90 Å². The molecule has 1 aliphatic rings. The van der Waals surface area contributed by atoms with Crippen molar-refractivity contribution in [1.29, 1.82) is 0 Å². The van der Waals surface area contributed by atoms with Crippen molar-refractivity contribution in [2.24, 2.45) is 0 Å². The molecule has 0 aliphatic heterocycles. The number of anilines is 1. The van der Waals surface area contributed by atoms with Crippen molar-refractivity contribution in [3.63, 3.8) is 0 Å². The van der Waals surface area contributed by atoms with Crippen molar-refractivity contribution in [3.05, 3.63) is 40.0 Å². The van der Waals surface area contributed by atoms with Gasteiger partial charge >= 0.3 is 5.97 Å². The maximum absolute atomic E-state index is 12.4. The zero-order chi connectivity index (χ0) is 23.2. The van der Waals surface area contributed by atoms with E-state index < -0.39 is 17.7 Å². The Hall–Kier alpha value is -2.51. The molecule has 0 aromatic carbocycles. The highest BCUT2D eigenvalue weighted by molar-refractivity contribution is 7.19. The summed E-state index contributed by atoms with van der Waals surface area (Å²) in [5, 5.41) is 11.3. The largest absolute Gasteiger partial charge is 0.479 e. The molecule has 0 radical (unpaired) electrons. The summed E-state index contributed by atoms with van der Waals surface area (Å²) in [7, 11) is 3.91. The third-order valence-electron chi connectivity index (χ3n) is 5.78. The van der Waals surface area contributed by atoms with E-state index in [0.717, 1.165) is 46.4 Å². The summed E-state index contributed by atoms with van der Waals surface area (Å²) in [5.41, 5.74) is 3.82.